The topological polar surface area (TPSA) is 160 Å². The molecule has 0 bridgehead atoms. The average molecular weight is 646 g/mol. The van der Waals surface area contributed by atoms with Crippen molar-refractivity contribution in [2.24, 2.45) is 0 Å². The Morgan fingerprint density at radius 1 is 1.04 bits per heavy atom. The predicted molar refractivity (Wildman–Crippen MR) is 172 cm³/mol. The van der Waals surface area contributed by atoms with E-state index in [-0.39, 0.29) is 42.0 Å². The molecule has 1 aliphatic rings. The number of sulfone groups is 1. The molecule has 1 saturated heterocycles. The highest BCUT2D eigenvalue weighted by atomic mass is 32.2. The number of rotatable bonds is 10. The van der Waals surface area contributed by atoms with Crippen molar-refractivity contribution in [3.05, 3.63) is 78.4 Å². The van der Waals surface area contributed by atoms with E-state index in [0.717, 1.165) is 5.56 Å². The summed E-state index contributed by atoms with van der Waals surface area (Å²) >= 11 is 0. The molecule has 2 atom stereocenters. The molecule has 46 heavy (non-hydrogen) atoms. The fourth-order valence-corrected chi connectivity index (χ4v) is 6.42. The molecule has 0 aliphatic carbocycles. The Labute approximate surface area is 266 Å². The third-order valence-electron chi connectivity index (χ3n) is 7.83. The maximum Gasteiger partial charge on any atom is 0.243 e. The van der Waals surface area contributed by atoms with Crippen LogP contribution in [0.2, 0.25) is 0 Å². The molecular formula is C32H35N7O6S. The number of hydrogen-bond acceptors (Lipinski definition) is 11. The minimum absolute atomic E-state index is 0.0521. The van der Waals surface area contributed by atoms with E-state index < -0.39 is 27.5 Å². The van der Waals surface area contributed by atoms with E-state index in [1.807, 2.05) is 42.5 Å². The van der Waals surface area contributed by atoms with Gasteiger partial charge >= 0.3 is 0 Å². The van der Waals surface area contributed by atoms with Gasteiger partial charge in [-0.25, -0.2) is 18.4 Å². The van der Waals surface area contributed by atoms with Crippen LogP contribution in [0.1, 0.15) is 19.4 Å². The number of carbonyl (C=O) groups excluding carboxylic acids is 1. The second kappa shape index (κ2) is 13.0. The molecule has 6 rings (SSSR count). The van der Waals surface area contributed by atoms with E-state index in [0.29, 0.717) is 34.7 Å². The molecule has 1 fully saturated rings. The Hall–Kier alpha value is -4.63. The van der Waals surface area contributed by atoms with Crippen LogP contribution in [0.3, 0.4) is 0 Å². The molecule has 3 heterocycles. The molecule has 1 aliphatic heterocycles. The van der Waals surface area contributed by atoms with E-state index in [1.165, 1.54) is 10.6 Å². The lowest BCUT2D eigenvalue weighted by atomic mass is 10.2. The van der Waals surface area contributed by atoms with E-state index in [4.69, 9.17) is 24.5 Å². The lowest BCUT2D eigenvalue weighted by molar-refractivity contribution is -0.198. The van der Waals surface area contributed by atoms with Gasteiger partial charge in [0.15, 0.2) is 21.3 Å². The number of nitrogens with zero attached hydrogens (tertiary/aromatic N) is 5. The number of aliphatic hydroxyl groups is 1. The summed E-state index contributed by atoms with van der Waals surface area (Å²) in [4.78, 5) is 24.5. The highest BCUT2D eigenvalue weighted by molar-refractivity contribution is 7.92. The molecule has 0 spiro atoms. The van der Waals surface area contributed by atoms with E-state index >= 15 is 0 Å². The number of aliphatic hydroxyl groups excluding tert-OH is 1. The molecule has 0 radical (unpaired) electrons. The van der Waals surface area contributed by atoms with Crippen molar-refractivity contribution < 1.29 is 27.8 Å². The van der Waals surface area contributed by atoms with Gasteiger partial charge in [-0.05, 0) is 55.8 Å². The molecule has 5 aromatic rings. The minimum Gasteiger partial charge on any atom is -0.497 e. The van der Waals surface area contributed by atoms with E-state index in [2.05, 4.69) is 10.6 Å². The molecule has 1 amide bonds. The third kappa shape index (κ3) is 6.24. The number of aromatic nitrogens is 4. The largest absolute Gasteiger partial charge is 0.497 e. The van der Waals surface area contributed by atoms with Gasteiger partial charge in [0, 0.05) is 30.6 Å². The summed E-state index contributed by atoms with van der Waals surface area (Å²) < 4.78 is 39.3. The lowest BCUT2D eigenvalue weighted by Gasteiger charge is -2.28. The van der Waals surface area contributed by atoms with Crippen LogP contribution in [-0.2, 0) is 26.0 Å². The average Bonchev–Trinajstić information content (AvgIpc) is 3.44. The number of amides is 1. The SMILES string of the molecule is COc1ccc(-c2nc3c4cccc(S(=O)(=O)C(C)C)c4nc(N[C@@H]4CN(C(O)OCc5ccccc5)CCNC4=O)n3n2)cc1. The van der Waals surface area contributed by atoms with Crippen molar-refractivity contribution >= 4 is 38.2 Å². The highest BCUT2D eigenvalue weighted by Crippen LogP contribution is 2.31. The number of ether oxygens (including phenoxy) is 2. The number of carbonyl (C=O) groups is 1. The number of fused-ring (bicyclic) bond motifs is 3. The van der Waals surface area contributed by atoms with Gasteiger partial charge in [0.2, 0.25) is 18.3 Å². The Morgan fingerprint density at radius 2 is 1.80 bits per heavy atom. The van der Waals surface area contributed by atoms with Crippen molar-refractivity contribution in [2.75, 3.05) is 32.1 Å². The Kier molecular flexibility index (Phi) is 8.86. The van der Waals surface area contributed by atoms with Crippen LogP contribution in [0.25, 0.3) is 27.9 Å². The summed E-state index contributed by atoms with van der Waals surface area (Å²) in [6.07, 6.45) is -1.28. The first-order valence-electron chi connectivity index (χ1n) is 14.9. The van der Waals surface area contributed by atoms with Gasteiger partial charge in [0.05, 0.1) is 29.4 Å². The second-order valence-corrected chi connectivity index (χ2v) is 13.7. The zero-order valence-corrected chi connectivity index (χ0v) is 26.4. The highest BCUT2D eigenvalue weighted by Gasteiger charge is 2.31. The molecule has 240 valence electrons. The predicted octanol–water partition coefficient (Wildman–Crippen LogP) is 2.84. The molecule has 2 aromatic heterocycles. The monoisotopic (exact) mass is 645 g/mol. The van der Waals surface area contributed by atoms with E-state index in [9.17, 15) is 18.3 Å². The van der Waals surface area contributed by atoms with Crippen molar-refractivity contribution in [1.29, 1.82) is 0 Å². The summed E-state index contributed by atoms with van der Waals surface area (Å²) in [5.41, 5.74) is 2.16. The molecule has 0 saturated carbocycles. The summed E-state index contributed by atoms with van der Waals surface area (Å²) in [5.74, 6) is 0.826. The quantitative estimate of drug-likeness (QED) is 0.192. The number of para-hydroxylation sites is 1. The van der Waals surface area contributed by atoms with Gasteiger partial charge in [-0.2, -0.15) is 4.52 Å². The maximum absolute atomic E-state index is 13.4. The van der Waals surface area contributed by atoms with Crippen LogP contribution < -0.4 is 15.4 Å². The fraction of sp³-hybridized carbons (Fsp3) is 0.312. The molecule has 3 N–H and O–H groups in total. The maximum atomic E-state index is 13.4. The van der Waals surface area contributed by atoms with Crippen LogP contribution >= 0.6 is 0 Å². The van der Waals surface area contributed by atoms with Gasteiger partial charge in [0.25, 0.3) is 0 Å². The van der Waals surface area contributed by atoms with Gasteiger partial charge in [-0.1, -0.05) is 36.4 Å². The van der Waals surface area contributed by atoms with Crippen LogP contribution in [0.5, 0.6) is 5.75 Å². The Balaban J connectivity index is 1.40. The Bertz CT molecular complexity index is 1970. The first-order valence-corrected chi connectivity index (χ1v) is 16.4. The second-order valence-electron chi connectivity index (χ2n) is 11.2. The minimum atomic E-state index is -3.74. The summed E-state index contributed by atoms with van der Waals surface area (Å²) in [7, 11) is -2.16. The summed E-state index contributed by atoms with van der Waals surface area (Å²) in [6.45, 7) is 4.09. The summed E-state index contributed by atoms with van der Waals surface area (Å²) in [5, 5.41) is 21.4. The van der Waals surface area contributed by atoms with Crippen molar-refractivity contribution in [2.45, 2.75) is 43.1 Å². The summed E-state index contributed by atoms with van der Waals surface area (Å²) in [6, 6.07) is 20.7. The molecule has 1 unspecified atom stereocenters. The van der Waals surface area contributed by atoms with Gasteiger partial charge in [-0.3, -0.25) is 9.69 Å². The smallest absolute Gasteiger partial charge is 0.243 e. The van der Waals surface area contributed by atoms with Crippen molar-refractivity contribution in [3.63, 3.8) is 0 Å². The van der Waals surface area contributed by atoms with E-state index in [1.54, 1.807) is 50.1 Å². The molecule has 3 aromatic carbocycles. The van der Waals surface area contributed by atoms with Gasteiger partial charge in [-0.15, -0.1) is 5.10 Å². The number of methoxy groups -OCH3 is 1. The van der Waals surface area contributed by atoms with Crippen LogP contribution in [0.15, 0.2) is 77.7 Å². The molecule has 13 nitrogen and oxygen atoms in total. The number of benzene rings is 3. The molecule has 14 heteroatoms. The zero-order valence-electron chi connectivity index (χ0n) is 25.6. The van der Waals surface area contributed by atoms with Crippen LogP contribution in [-0.4, -0.2) is 88.4 Å². The standard InChI is InChI=1S/C32H35N7O6S/c1-20(2)46(42,43)26-11-7-10-24-27(26)35-31(39-29(24)36-28(37-39)22-12-14-23(44-3)15-13-22)34-25-18-38(17-16-33-30(25)40)32(41)45-19-21-8-5-4-6-9-21/h4-15,20,25,32,41H,16-19H2,1-3H3,(H,33,40)(H,34,35)/t25-,32?/m1/s1. The lowest BCUT2D eigenvalue weighted by Crippen LogP contribution is -2.46. The zero-order chi connectivity index (χ0) is 32.4. The van der Waals surface area contributed by atoms with Crippen molar-refractivity contribution in [3.8, 4) is 17.1 Å². The first kappa shape index (κ1) is 31.4. The fourth-order valence-electron chi connectivity index (χ4n) is 5.22. The van der Waals surface area contributed by atoms with Crippen molar-refractivity contribution in [1.82, 2.24) is 29.8 Å². The Morgan fingerprint density at radius 3 is 2.52 bits per heavy atom. The number of nitrogens with one attached hydrogen (secondary N) is 2. The van der Waals surface area contributed by atoms with Gasteiger partial charge < -0.3 is 25.2 Å². The third-order valence-corrected chi connectivity index (χ3v) is 10.0. The number of anilines is 1. The number of hydrogen-bond donors (Lipinski definition) is 3. The van der Waals surface area contributed by atoms with Crippen LogP contribution in [0.4, 0.5) is 5.95 Å². The van der Waals surface area contributed by atoms with Gasteiger partial charge in [0.1, 0.15) is 11.8 Å². The normalized spacial score (nSPS) is 16.8. The van der Waals surface area contributed by atoms with Crippen LogP contribution in [0, 0.1) is 0 Å². The first-order chi connectivity index (χ1) is 22.2. The molecular weight excluding hydrogens is 610 g/mol.